The third kappa shape index (κ3) is 2.28. The van der Waals surface area contributed by atoms with E-state index in [-0.39, 0.29) is 12.0 Å². The van der Waals surface area contributed by atoms with Gasteiger partial charge in [-0.2, -0.15) is 0 Å². The zero-order valence-electron chi connectivity index (χ0n) is 8.16. The van der Waals surface area contributed by atoms with Crippen molar-refractivity contribution in [2.24, 2.45) is 5.41 Å². The number of carboxylic acids is 2. The molecular formula is C10H11BrO4. The number of hydrogen-bond donors (Lipinski definition) is 2. The second-order valence-corrected chi connectivity index (χ2v) is 4.24. The fraction of sp³-hybridized carbons (Fsp3) is 0.400. The smallest absolute Gasteiger partial charge is 0.331 e. The first-order valence-corrected chi connectivity index (χ1v) is 5.47. The van der Waals surface area contributed by atoms with Crippen molar-refractivity contribution < 1.29 is 19.8 Å². The van der Waals surface area contributed by atoms with Crippen LogP contribution in [0, 0.1) is 5.41 Å². The molecular weight excluding hydrogens is 264 g/mol. The van der Waals surface area contributed by atoms with E-state index in [0.29, 0.717) is 10.9 Å². The van der Waals surface area contributed by atoms with E-state index >= 15 is 0 Å². The molecule has 5 heteroatoms. The first-order chi connectivity index (χ1) is 6.90. The third-order valence-electron chi connectivity index (χ3n) is 2.47. The summed E-state index contributed by atoms with van der Waals surface area (Å²) >= 11 is 3.17. The van der Waals surface area contributed by atoms with Gasteiger partial charge in [0.2, 0.25) is 0 Å². The highest BCUT2D eigenvalue weighted by Gasteiger charge is 2.36. The van der Waals surface area contributed by atoms with Crippen molar-refractivity contribution in [2.45, 2.75) is 13.3 Å². The molecule has 0 aromatic heterocycles. The fourth-order valence-electron chi connectivity index (χ4n) is 1.41. The van der Waals surface area contributed by atoms with Crippen LogP contribution in [0.3, 0.4) is 0 Å². The lowest BCUT2D eigenvalue weighted by Crippen LogP contribution is -2.30. The van der Waals surface area contributed by atoms with Gasteiger partial charge in [0.25, 0.3) is 0 Å². The summed E-state index contributed by atoms with van der Waals surface area (Å²) in [6, 6.07) is 0. The van der Waals surface area contributed by atoms with E-state index in [2.05, 4.69) is 15.9 Å². The Morgan fingerprint density at radius 3 is 2.53 bits per heavy atom. The van der Waals surface area contributed by atoms with Gasteiger partial charge in [-0.3, -0.25) is 4.79 Å². The molecule has 0 amide bonds. The van der Waals surface area contributed by atoms with E-state index in [1.54, 1.807) is 12.2 Å². The van der Waals surface area contributed by atoms with Crippen molar-refractivity contribution in [3.05, 3.63) is 23.3 Å². The first-order valence-electron chi connectivity index (χ1n) is 4.34. The molecule has 0 spiro atoms. The molecule has 2 N–H and O–H groups in total. The maximum atomic E-state index is 11.0. The Morgan fingerprint density at radius 2 is 2.13 bits per heavy atom. The van der Waals surface area contributed by atoms with Gasteiger partial charge in [0.15, 0.2) is 0 Å². The van der Waals surface area contributed by atoms with E-state index in [9.17, 15) is 9.59 Å². The minimum Gasteiger partial charge on any atom is -0.481 e. The van der Waals surface area contributed by atoms with Crippen LogP contribution in [-0.4, -0.2) is 27.5 Å². The van der Waals surface area contributed by atoms with E-state index in [1.165, 1.54) is 6.92 Å². The molecule has 0 fully saturated rings. The van der Waals surface area contributed by atoms with Crippen molar-refractivity contribution in [3.8, 4) is 0 Å². The highest BCUT2D eigenvalue weighted by Crippen LogP contribution is 2.34. The average molecular weight is 275 g/mol. The molecule has 0 saturated carbocycles. The van der Waals surface area contributed by atoms with Gasteiger partial charge >= 0.3 is 11.9 Å². The van der Waals surface area contributed by atoms with Crippen molar-refractivity contribution in [1.29, 1.82) is 0 Å². The van der Waals surface area contributed by atoms with Crippen molar-refractivity contribution in [2.75, 3.05) is 5.33 Å². The van der Waals surface area contributed by atoms with Crippen LogP contribution in [0.5, 0.6) is 0 Å². The molecule has 1 unspecified atom stereocenters. The number of rotatable bonds is 3. The number of hydrogen-bond acceptors (Lipinski definition) is 2. The summed E-state index contributed by atoms with van der Waals surface area (Å²) in [7, 11) is 0. The van der Waals surface area contributed by atoms with E-state index in [4.69, 9.17) is 10.2 Å². The molecule has 0 aliphatic heterocycles. The molecule has 1 aliphatic rings. The molecule has 1 rings (SSSR count). The summed E-state index contributed by atoms with van der Waals surface area (Å²) in [4.78, 5) is 21.9. The quantitative estimate of drug-likeness (QED) is 0.770. The molecule has 0 aromatic carbocycles. The largest absolute Gasteiger partial charge is 0.481 e. The molecule has 82 valence electrons. The maximum absolute atomic E-state index is 11.0. The predicted molar refractivity (Wildman–Crippen MR) is 58.0 cm³/mol. The number of allylic oxidation sites excluding steroid dienone is 2. The Kier molecular flexibility index (Phi) is 3.34. The minimum absolute atomic E-state index is 0.0229. The summed E-state index contributed by atoms with van der Waals surface area (Å²) in [5.41, 5.74) is -0.320. The number of carbonyl (C=O) groups is 2. The van der Waals surface area contributed by atoms with Crippen LogP contribution in [0.1, 0.15) is 13.3 Å². The summed E-state index contributed by atoms with van der Waals surface area (Å²) in [6.07, 6.45) is 3.13. The monoisotopic (exact) mass is 274 g/mol. The van der Waals surface area contributed by atoms with Crippen LogP contribution in [0.2, 0.25) is 0 Å². The van der Waals surface area contributed by atoms with Crippen LogP contribution in [0.4, 0.5) is 0 Å². The molecule has 15 heavy (non-hydrogen) atoms. The number of aliphatic carboxylic acids is 2. The first kappa shape index (κ1) is 12.0. The standard InChI is InChI=1S/C10H11BrO4/c1-10(9(14)15)3-2-6(5-11)7(4-10)8(12)13/h2-3H,4-5H2,1H3,(H,12,13)(H,14,15). The van der Waals surface area contributed by atoms with Gasteiger partial charge in [-0.15, -0.1) is 0 Å². The maximum Gasteiger partial charge on any atom is 0.331 e. The predicted octanol–water partition coefficient (Wildman–Crippen LogP) is 1.81. The highest BCUT2D eigenvalue weighted by molar-refractivity contribution is 9.09. The van der Waals surface area contributed by atoms with Gasteiger partial charge in [-0.25, -0.2) is 4.79 Å². The van der Waals surface area contributed by atoms with Gasteiger partial charge in [0, 0.05) is 10.9 Å². The van der Waals surface area contributed by atoms with Crippen LogP contribution in [0.25, 0.3) is 0 Å². The number of alkyl halides is 1. The summed E-state index contributed by atoms with van der Waals surface area (Å²) in [6.45, 7) is 1.51. The lowest BCUT2D eigenvalue weighted by atomic mass is 9.78. The molecule has 1 atom stereocenters. The topological polar surface area (TPSA) is 74.6 Å². The van der Waals surface area contributed by atoms with Gasteiger partial charge in [0.05, 0.1) is 5.41 Å². The second kappa shape index (κ2) is 4.18. The zero-order chi connectivity index (χ0) is 11.6. The van der Waals surface area contributed by atoms with E-state index in [0.717, 1.165) is 0 Å². The van der Waals surface area contributed by atoms with Crippen LogP contribution in [0.15, 0.2) is 23.3 Å². The third-order valence-corrected chi connectivity index (χ3v) is 3.08. The van der Waals surface area contributed by atoms with Crippen molar-refractivity contribution >= 4 is 27.9 Å². The van der Waals surface area contributed by atoms with Crippen molar-refractivity contribution in [1.82, 2.24) is 0 Å². The summed E-state index contributed by atoms with van der Waals surface area (Å²) < 4.78 is 0. The van der Waals surface area contributed by atoms with Crippen LogP contribution >= 0.6 is 15.9 Å². The average Bonchev–Trinajstić information content (AvgIpc) is 2.17. The molecule has 0 saturated heterocycles. The molecule has 4 nitrogen and oxygen atoms in total. The Bertz CT molecular complexity index is 370. The molecule has 0 heterocycles. The van der Waals surface area contributed by atoms with Gasteiger partial charge in [-0.05, 0) is 18.9 Å². The summed E-state index contributed by atoms with van der Waals surface area (Å²) in [5.74, 6) is -2.06. The molecule has 0 radical (unpaired) electrons. The second-order valence-electron chi connectivity index (χ2n) is 3.68. The normalized spacial score (nSPS) is 25.5. The Hall–Kier alpha value is -1.10. The van der Waals surface area contributed by atoms with Crippen molar-refractivity contribution in [3.63, 3.8) is 0 Å². The van der Waals surface area contributed by atoms with Gasteiger partial charge < -0.3 is 10.2 Å². The van der Waals surface area contributed by atoms with E-state index < -0.39 is 17.4 Å². The molecule has 1 aliphatic carbocycles. The number of halogens is 1. The zero-order valence-corrected chi connectivity index (χ0v) is 9.74. The SMILES string of the molecule is CC1(C(=O)O)C=CC(CBr)=C(C(=O)O)C1. The minimum atomic E-state index is -1.11. The van der Waals surface area contributed by atoms with Gasteiger partial charge in [0.1, 0.15) is 0 Å². The van der Waals surface area contributed by atoms with E-state index in [1.807, 2.05) is 0 Å². The summed E-state index contributed by atoms with van der Waals surface area (Å²) in [5, 5.41) is 18.3. The fourth-order valence-corrected chi connectivity index (χ4v) is 1.94. The Morgan fingerprint density at radius 1 is 1.53 bits per heavy atom. The lowest BCUT2D eigenvalue weighted by molar-refractivity contribution is -0.145. The van der Waals surface area contributed by atoms with Crippen LogP contribution < -0.4 is 0 Å². The van der Waals surface area contributed by atoms with Gasteiger partial charge in [-0.1, -0.05) is 28.1 Å². The van der Waals surface area contributed by atoms with Crippen LogP contribution in [-0.2, 0) is 9.59 Å². The highest BCUT2D eigenvalue weighted by atomic mass is 79.9. The Labute approximate surface area is 95.4 Å². The Balaban J connectivity index is 3.10. The number of carboxylic acid groups (broad SMARTS) is 2. The molecule has 0 bridgehead atoms. The lowest BCUT2D eigenvalue weighted by Gasteiger charge is -2.25. The molecule has 0 aromatic rings.